The lowest BCUT2D eigenvalue weighted by Gasteiger charge is -2.16. The monoisotopic (exact) mass is 246 g/mol. The quantitative estimate of drug-likeness (QED) is 0.903. The average molecular weight is 246 g/mol. The predicted molar refractivity (Wildman–Crippen MR) is 72.0 cm³/mol. The second-order valence-corrected chi connectivity index (χ2v) is 4.58. The van der Waals surface area contributed by atoms with Crippen LogP contribution in [0.2, 0.25) is 0 Å². The van der Waals surface area contributed by atoms with Gasteiger partial charge in [-0.3, -0.25) is 4.79 Å². The molecule has 0 spiro atoms. The van der Waals surface area contributed by atoms with Crippen molar-refractivity contribution in [3.8, 4) is 5.75 Å². The highest BCUT2D eigenvalue weighted by Crippen LogP contribution is 2.33. The van der Waals surface area contributed by atoms with Gasteiger partial charge in [-0.05, 0) is 24.6 Å². The molecule has 1 atom stereocenters. The van der Waals surface area contributed by atoms with E-state index in [1.54, 1.807) is 26.1 Å². The van der Waals surface area contributed by atoms with E-state index in [0.29, 0.717) is 0 Å². The lowest BCUT2D eigenvalue weighted by atomic mass is 9.99. The van der Waals surface area contributed by atoms with Crippen LogP contribution in [0.5, 0.6) is 5.75 Å². The molecule has 1 amide bonds. The zero-order valence-electron chi connectivity index (χ0n) is 11.2. The van der Waals surface area contributed by atoms with Crippen LogP contribution in [0.15, 0.2) is 24.4 Å². The molecule has 0 aliphatic heterocycles. The molecule has 2 rings (SSSR count). The molecule has 1 heterocycles. The van der Waals surface area contributed by atoms with Gasteiger partial charge in [0.2, 0.25) is 5.91 Å². The smallest absolute Gasteiger partial charge is 0.229 e. The van der Waals surface area contributed by atoms with Crippen molar-refractivity contribution in [2.24, 2.45) is 0 Å². The summed E-state index contributed by atoms with van der Waals surface area (Å²) in [5, 5.41) is 0.989. The number of H-pyrrole nitrogens is 1. The van der Waals surface area contributed by atoms with Gasteiger partial charge in [-0.15, -0.1) is 0 Å². The fraction of sp³-hybridized carbons (Fsp3) is 0.357. The minimum absolute atomic E-state index is 0.0850. The van der Waals surface area contributed by atoms with Crippen molar-refractivity contribution in [1.29, 1.82) is 0 Å². The third-order valence-electron chi connectivity index (χ3n) is 3.20. The number of nitrogens with one attached hydrogen (secondary N) is 1. The highest BCUT2D eigenvalue weighted by atomic mass is 16.5. The minimum atomic E-state index is -0.190. The largest absolute Gasteiger partial charge is 0.496 e. The lowest BCUT2D eigenvalue weighted by Crippen LogP contribution is -2.26. The zero-order valence-corrected chi connectivity index (χ0v) is 11.2. The first-order chi connectivity index (χ1) is 8.56. The first kappa shape index (κ1) is 12.5. The van der Waals surface area contributed by atoms with Gasteiger partial charge in [-0.25, -0.2) is 0 Å². The summed E-state index contributed by atoms with van der Waals surface area (Å²) in [5.41, 5.74) is 1.96. The maximum atomic E-state index is 12.1. The number of benzene rings is 1. The van der Waals surface area contributed by atoms with Crippen LogP contribution in [-0.4, -0.2) is 37.0 Å². The lowest BCUT2D eigenvalue weighted by molar-refractivity contribution is -0.129. The Morgan fingerprint density at radius 1 is 1.39 bits per heavy atom. The molecule has 18 heavy (non-hydrogen) atoms. The summed E-state index contributed by atoms with van der Waals surface area (Å²) >= 11 is 0. The molecular weight excluding hydrogens is 228 g/mol. The van der Waals surface area contributed by atoms with Gasteiger partial charge < -0.3 is 14.6 Å². The van der Waals surface area contributed by atoms with E-state index in [1.807, 2.05) is 31.3 Å². The SMILES string of the molecule is COc1cccc2[nH]cc(C(C)C(=O)N(C)C)c12. The van der Waals surface area contributed by atoms with Crippen molar-refractivity contribution in [2.75, 3.05) is 21.2 Å². The minimum Gasteiger partial charge on any atom is -0.496 e. The van der Waals surface area contributed by atoms with Crippen LogP contribution >= 0.6 is 0 Å². The summed E-state index contributed by atoms with van der Waals surface area (Å²) in [6, 6.07) is 5.82. The Morgan fingerprint density at radius 3 is 2.72 bits per heavy atom. The molecule has 0 aliphatic carbocycles. The van der Waals surface area contributed by atoms with E-state index in [0.717, 1.165) is 22.2 Å². The molecular formula is C14H18N2O2. The zero-order chi connectivity index (χ0) is 13.3. The molecule has 4 nitrogen and oxygen atoms in total. The van der Waals surface area contributed by atoms with Crippen molar-refractivity contribution < 1.29 is 9.53 Å². The number of carbonyl (C=O) groups excluding carboxylic acids is 1. The normalized spacial score (nSPS) is 12.4. The maximum Gasteiger partial charge on any atom is 0.229 e. The fourth-order valence-corrected chi connectivity index (χ4v) is 2.21. The molecule has 0 saturated heterocycles. The Bertz CT molecular complexity index is 572. The first-order valence-corrected chi connectivity index (χ1v) is 5.91. The molecule has 0 aliphatic rings. The average Bonchev–Trinajstić information content (AvgIpc) is 2.80. The van der Waals surface area contributed by atoms with E-state index in [1.165, 1.54) is 0 Å². The number of hydrogen-bond donors (Lipinski definition) is 1. The number of methoxy groups -OCH3 is 1. The number of hydrogen-bond acceptors (Lipinski definition) is 2. The van der Waals surface area contributed by atoms with Gasteiger partial charge in [0.25, 0.3) is 0 Å². The van der Waals surface area contributed by atoms with Crippen LogP contribution in [0, 0.1) is 0 Å². The van der Waals surface area contributed by atoms with Crippen LogP contribution < -0.4 is 4.74 Å². The fourth-order valence-electron chi connectivity index (χ4n) is 2.21. The maximum absolute atomic E-state index is 12.1. The third-order valence-corrected chi connectivity index (χ3v) is 3.20. The summed E-state index contributed by atoms with van der Waals surface area (Å²) in [4.78, 5) is 16.9. The predicted octanol–water partition coefficient (Wildman–Crippen LogP) is 2.37. The van der Waals surface area contributed by atoms with Crippen molar-refractivity contribution in [2.45, 2.75) is 12.8 Å². The molecule has 4 heteroatoms. The Morgan fingerprint density at radius 2 is 2.11 bits per heavy atom. The Balaban J connectivity index is 2.55. The number of ether oxygens (including phenoxy) is 1. The number of aromatic nitrogens is 1. The number of amides is 1. The van der Waals surface area contributed by atoms with Crippen molar-refractivity contribution >= 4 is 16.8 Å². The highest BCUT2D eigenvalue weighted by Gasteiger charge is 2.21. The van der Waals surface area contributed by atoms with E-state index >= 15 is 0 Å². The summed E-state index contributed by atoms with van der Waals surface area (Å²) in [6.07, 6.45) is 1.89. The molecule has 96 valence electrons. The van der Waals surface area contributed by atoms with Gasteiger partial charge in [0.15, 0.2) is 0 Å². The molecule has 1 aromatic heterocycles. The van der Waals surface area contributed by atoms with Gasteiger partial charge in [0.1, 0.15) is 5.75 Å². The van der Waals surface area contributed by atoms with E-state index in [4.69, 9.17) is 4.74 Å². The summed E-state index contributed by atoms with van der Waals surface area (Å²) in [7, 11) is 5.18. The molecule has 0 bridgehead atoms. The highest BCUT2D eigenvalue weighted by molar-refractivity contribution is 5.95. The molecule has 0 radical (unpaired) electrons. The summed E-state index contributed by atoms with van der Waals surface area (Å²) < 4.78 is 5.37. The molecule has 1 unspecified atom stereocenters. The number of nitrogens with zero attached hydrogens (tertiary/aromatic N) is 1. The summed E-state index contributed by atoms with van der Waals surface area (Å²) in [5.74, 6) is 0.689. The number of aromatic amines is 1. The Labute approximate surface area is 107 Å². The van der Waals surface area contributed by atoms with E-state index < -0.39 is 0 Å². The summed E-state index contributed by atoms with van der Waals surface area (Å²) in [6.45, 7) is 1.91. The van der Waals surface area contributed by atoms with Gasteiger partial charge in [0, 0.05) is 31.2 Å². The first-order valence-electron chi connectivity index (χ1n) is 5.91. The van der Waals surface area contributed by atoms with Crippen LogP contribution in [0.4, 0.5) is 0 Å². The number of rotatable bonds is 3. The van der Waals surface area contributed by atoms with Gasteiger partial charge in [-0.2, -0.15) is 0 Å². The second kappa shape index (κ2) is 4.72. The van der Waals surface area contributed by atoms with Crippen LogP contribution in [-0.2, 0) is 4.79 Å². The second-order valence-electron chi connectivity index (χ2n) is 4.58. The molecule has 0 fully saturated rings. The van der Waals surface area contributed by atoms with Crippen LogP contribution in [0.3, 0.4) is 0 Å². The number of carbonyl (C=O) groups is 1. The van der Waals surface area contributed by atoms with Crippen LogP contribution in [0.1, 0.15) is 18.4 Å². The Kier molecular flexibility index (Phi) is 3.28. The van der Waals surface area contributed by atoms with E-state index in [-0.39, 0.29) is 11.8 Å². The molecule has 0 saturated carbocycles. The molecule has 2 aromatic rings. The van der Waals surface area contributed by atoms with Crippen molar-refractivity contribution in [3.63, 3.8) is 0 Å². The standard InChI is InChI=1S/C14H18N2O2/c1-9(14(17)16(2)3)10-8-15-11-6-5-7-12(18-4)13(10)11/h5-9,15H,1-4H3. The number of likely N-dealkylation sites (N-methyl/N-ethyl adjacent to an activating group) is 1. The van der Waals surface area contributed by atoms with Gasteiger partial charge in [-0.1, -0.05) is 6.07 Å². The molecule has 1 aromatic carbocycles. The topological polar surface area (TPSA) is 45.3 Å². The molecule has 1 N–H and O–H groups in total. The van der Waals surface area contributed by atoms with Crippen molar-refractivity contribution in [1.82, 2.24) is 9.88 Å². The number of fused-ring (bicyclic) bond motifs is 1. The van der Waals surface area contributed by atoms with Crippen LogP contribution in [0.25, 0.3) is 10.9 Å². The van der Waals surface area contributed by atoms with Gasteiger partial charge in [0.05, 0.1) is 13.0 Å². The third kappa shape index (κ3) is 1.94. The van der Waals surface area contributed by atoms with E-state index in [9.17, 15) is 4.79 Å². The van der Waals surface area contributed by atoms with Gasteiger partial charge >= 0.3 is 0 Å². The van der Waals surface area contributed by atoms with Crippen molar-refractivity contribution in [3.05, 3.63) is 30.0 Å². The van der Waals surface area contributed by atoms with E-state index in [2.05, 4.69) is 4.98 Å². The Hall–Kier alpha value is -1.97.